The Hall–Kier alpha value is -1.36. The number of ether oxygens (including phenoxy) is 1. The number of esters is 1. The van der Waals surface area contributed by atoms with E-state index in [9.17, 15) is 9.59 Å². The van der Waals surface area contributed by atoms with Crippen LogP contribution in [0.3, 0.4) is 0 Å². The molecule has 1 amide bonds. The van der Waals surface area contributed by atoms with E-state index in [-0.39, 0.29) is 17.8 Å². The predicted molar refractivity (Wildman–Crippen MR) is 104 cm³/mol. The predicted octanol–water partition coefficient (Wildman–Crippen LogP) is 4.81. The zero-order valence-corrected chi connectivity index (χ0v) is 16.6. The number of nitrogens with one attached hydrogen (secondary N) is 1. The van der Waals surface area contributed by atoms with E-state index in [0.717, 1.165) is 48.6 Å². The molecule has 0 unspecified atom stereocenters. The molecule has 1 aromatic heterocycles. The average molecular weight is 376 g/mol. The van der Waals surface area contributed by atoms with Crippen molar-refractivity contribution in [1.82, 2.24) is 0 Å². The summed E-state index contributed by atoms with van der Waals surface area (Å²) in [5.74, 6) is 1.91. The largest absolute Gasteiger partial charge is 0.462 e. The third-order valence-corrected chi connectivity index (χ3v) is 7.63. The number of rotatable bonds is 5. The van der Waals surface area contributed by atoms with Crippen molar-refractivity contribution in [3.63, 3.8) is 0 Å². The highest BCUT2D eigenvalue weighted by Crippen LogP contribution is 2.49. The molecule has 4 rings (SSSR count). The van der Waals surface area contributed by atoms with Crippen LogP contribution in [-0.4, -0.2) is 18.5 Å². The van der Waals surface area contributed by atoms with Gasteiger partial charge in [0, 0.05) is 10.8 Å². The molecule has 0 radical (unpaired) electrons. The van der Waals surface area contributed by atoms with Crippen molar-refractivity contribution in [2.24, 2.45) is 23.7 Å². The fourth-order valence-electron chi connectivity index (χ4n) is 5.09. The number of carbonyl (C=O) groups is 2. The Balaban J connectivity index is 1.58. The summed E-state index contributed by atoms with van der Waals surface area (Å²) >= 11 is 1.60. The quantitative estimate of drug-likeness (QED) is 0.751. The highest BCUT2D eigenvalue weighted by atomic mass is 32.1. The van der Waals surface area contributed by atoms with Crippen LogP contribution in [0.15, 0.2) is 0 Å². The van der Waals surface area contributed by atoms with Crippen LogP contribution >= 0.6 is 11.3 Å². The maximum absolute atomic E-state index is 12.9. The van der Waals surface area contributed by atoms with Gasteiger partial charge in [-0.25, -0.2) is 4.79 Å². The molecule has 4 nitrogen and oxygen atoms in total. The molecule has 0 aliphatic heterocycles. The second-order valence-corrected chi connectivity index (χ2v) is 9.57. The van der Waals surface area contributed by atoms with E-state index in [0.29, 0.717) is 24.0 Å². The van der Waals surface area contributed by atoms with Gasteiger partial charge < -0.3 is 10.1 Å². The third-order valence-electron chi connectivity index (χ3n) is 6.46. The minimum atomic E-state index is -0.262. The molecule has 0 aromatic carbocycles. The van der Waals surface area contributed by atoms with Crippen molar-refractivity contribution >= 4 is 28.2 Å². The highest BCUT2D eigenvalue weighted by molar-refractivity contribution is 7.17. The first kappa shape index (κ1) is 18.0. The van der Waals surface area contributed by atoms with E-state index in [1.54, 1.807) is 11.3 Å². The van der Waals surface area contributed by atoms with Gasteiger partial charge in [0.25, 0.3) is 0 Å². The number of anilines is 1. The van der Waals surface area contributed by atoms with E-state index >= 15 is 0 Å². The van der Waals surface area contributed by atoms with Gasteiger partial charge in [-0.15, -0.1) is 11.3 Å². The first-order valence-corrected chi connectivity index (χ1v) is 11.0. The van der Waals surface area contributed by atoms with Gasteiger partial charge in [0.1, 0.15) is 5.00 Å². The number of fused-ring (bicyclic) bond motifs is 3. The smallest absolute Gasteiger partial charge is 0.341 e. The van der Waals surface area contributed by atoms with Gasteiger partial charge in [0.15, 0.2) is 0 Å². The lowest BCUT2D eigenvalue weighted by Gasteiger charge is -2.20. The Morgan fingerprint density at radius 1 is 1.23 bits per heavy atom. The Bertz CT molecular complexity index is 710. The lowest BCUT2D eigenvalue weighted by atomic mass is 9.87. The molecule has 142 valence electrons. The SMILES string of the molecule is CCCOC(=O)c1c(NC(=O)[C@H]2C[C@H]3CC[C@@H]2C3)sc2c1CC[C@@H](C)C2. The highest BCUT2D eigenvalue weighted by Gasteiger charge is 2.43. The Labute approximate surface area is 159 Å². The Morgan fingerprint density at radius 2 is 2.08 bits per heavy atom. The molecule has 2 fully saturated rings. The molecule has 1 aromatic rings. The van der Waals surface area contributed by atoms with Crippen LogP contribution in [0, 0.1) is 23.7 Å². The number of hydrogen-bond acceptors (Lipinski definition) is 4. The number of carbonyl (C=O) groups excluding carboxylic acids is 2. The normalized spacial score (nSPS) is 29.5. The van der Waals surface area contributed by atoms with Crippen molar-refractivity contribution in [1.29, 1.82) is 0 Å². The zero-order valence-electron chi connectivity index (χ0n) is 15.8. The van der Waals surface area contributed by atoms with Crippen molar-refractivity contribution in [2.75, 3.05) is 11.9 Å². The molecule has 1 N–H and O–H groups in total. The van der Waals surface area contributed by atoms with Gasteiger partial charge in [-0.05, 0) is 68.3 Å². The van der Waals surface area contributed by atoms with E-state index in [4.69, 9.17) is 4.74 Å². The second-order valence-electron chi connectivity index (χ2n) is 8.46. The molecular formula is C21H29NO3S. The summed E-state index contributed by atoms with van der Waals surface area (Å²) in [7, 11) is 0. The second kappa shape index (κ2) is 7.34. The first-order valence-electron chi connectivity index (χ1n) is 10.2. The van der Waals surface area contributed by atoms with Gasteiger partial charge in [-0.2, -0.15) is 0 Å². The van der Waals surface area contributed by atoms with Crippen LogP contribution in [0.25, 0.3) is 0 Å². The maximum atomic E-state index is 12.9. The van der Waals surface area contributed by atoms with Crippen LogP contribution in [-0.2, 0) is 22.4 Å². The Kier molecular flexibility index (Phi) is 5.09. The summed E-state index contributed by atoms with van der Waals surface area (Å²) in [6.07, 6.45) is 8.52. The summed E-state index contributed by atoms with van der Waals surface area (Å²) in [5.41, 5.74) is 1.76. The van der Waals surface area contributed by atoms with Crippen molar-refractivity contribution in [2.45, 2.75) is 65.2 Å². The van der Waals surface area contributed by atoms with Gasteiger partial charge in [0.05, 0.1) is 12.2 Å². The summed E-state index contributed by atoms with van der Waals surface area (Å²) in [6, 6.07) is 0. The van der Waals surface area contributed by atoms with E-state index in [2.05, 4.69) is 12.2 Å². The fraction of sp³-hybridized carbons (Fsp3) is 0.714. The minimum absolute atomic E-state index is 0.119. The molecule has 0 spiro atoms. The van der Waals surface area contributed by atoms with Crippen molar-refractivity contribution in [3.8, 4) is 0 Å². The molecule has 0 saturated heterocycles. The molecule has 2 saturated carbocycles. The summed E-state index contributed by atoms with van der Waals surface area (Å²) in [4.78, 5) is 26.9. The number of thiophene rings is 1. The zero-order chi connectivity index (χ0) is 18.3. The third kappa shape index (κ3) is 3.30. The first-order chi connectivity index (χ1) is 12.6. The molecule has 2 bridgehead atoms. The number of amides is 1. The van der Waals surface area contributed by atoms with E-state index in [1.165, 1.54) is 24.1 Å². The standard InChI is InChI=1S/C21H29NO3S/c1-3-8-25-21(24)18-15-7-4-12(2)9-17(15)26-20(18)22-19(23)16-11-13-5-6-14(16)10-13/h12-14,16H,3-11H2,1-2H3,(H,22,23)/t12-,13+,14-,16+/m1/s1. The van der Waals surface area contributed by atoms with E-state index in [1.807, 2.05) is 6.92 Å². The molecule has 26 heavy (non-hydrogen) atoms. The fourth-order valence-corrected chi connectivity index (χ4v) is 6.49. The van der Waals surface area contributed by atoms with Crippen molar-refractivity contribution in [3.05, 3.63) is 16.0 Å². The van der Waals surface area contributed by atoms with Crippen LogP contribution < -0.4 is 5.32 Å². The summed E-state index contributed by atoms with van der Waals surface area (Å²) < 4.78 is 5.44. The lowest BCUT2D eigenvalue weighted by molar-refractivity contribution is -0.121. The molecule has 4 atom stereocenters. The minimum Gasteiger partial charge on any atom is -0.462 e. The lowest BCUT2D eigenvalue weighted by Crippen LogP contribution is -2.27. The number of hydrogen-bond donors (Lipinski definition) is 1. The van der Waals surface area contributed by atoms with Gasteiger partial charge in [0.2, 0.25) is 5.91 Å². The molecular weight excluding hydrogens is 346 g/mol. The maximum Gasteiger partial charge on any atom is 0.341 e. The van der Waals surface area contributed by atoms with Crippen LogP contribution in [0.1, 0.15) is 73.2 Å². The van der Waals surface area contributed by atoms with Gasteiger partial charge >= 0.3 is 5.97 Å². The van der Waals surface area contributed by atoms with Crippen molar-refractivity contribution < 1.29 is 14.3 Å². The summed E-state index contributed by atoms with van der Waals surface area (Å²) in [5, 5.41) is 3.88. The van der Waals surface area contributed by atoms with Gasteiger partial charge in [-0.3, -0.25) is 4.79 Å². The molecule has 3 aliphatic rings. The van der Waals surface area contributed by atoms with Crippen LogP contribution in [0.2, 0.25) is 0 Å². The van der Waals surface area contributed by atoms with Gasteiger partial charge in [-0.1, -0.05) is 20.3 Å². The molecule has 1 heterocycles. The summed E-state index contributed by atoms with van der Waals surface area (Å²) in [6.45, 7) is 4.68. The van der Waals surface area contributed by atoms with Crippen LogP contribution in [0.4, 0.5) is 5.00 Å². The Morgan fingerprint density at radius 3 is 2.77 bits per heavy atom. The van der Waals surface area contributed by atoms with Crippen LogP contribution in [0.5, 0.6) is 0 Å². The van der Waals surface area contributed by atoms with E-state index < -0.39 is 0 Å². The molecule has 3 aliphatic carbocycles. The molecule has 5 heteroatoms. The monoisotopic (exact) mass is 375 g/mol. The average Bonchev–Trinajstić information content (AvgIpc) is 3.32. The topological polar surface area (TPSA) is 55.4 Å².